The van der Waals surface area contributed by atoms with Crippen molar-refractivity contribution in [1.29, 1.82) is 0 Å². The molecule has 0 saturated heterocycles. The molecule has 0 spiro atoms. The molecule has 0 unspecified atom stereocenters. The number of nitrogens with zero attached hydrogens (tertiary/aromatic N) is 4. The van der Waals surface area contributed by atoms with Crippen LogP contribution in [0.5, 0.6) is 0 Å². The van der Waals surface area contributed by atoms with Gasteiger partial charge in [0.15, 0.2) is 5.69 Å². The van der Waals surface area contributed by atoms with Gasteiger partial charge in [-0.15, -0.1) is 0 Å². The highest BCUT2D eigenvalue weighted by atomic mass is 16.1. The molecule has 3 rings (SSSR count). The molecule has 6 nitrogen and oxygen atoms in total. The Morgan fingerprint density at radius 1 is 1.25 bits per heavy atom. The molecule has 1 aliphatic carbocycles. The Labute approximate surface area is 116 Å². The van der Waals surface area contributed by atoms with Crippen molar-refractivity contribution in [2.45, 2.75) is 26.4 Å². The Hall–Kier alpha value is -2.37. The Bertz CT molecular complexity index is 742. The normalized spacial score (nSPS) is 21.6. The Morgan fingerprint density at radius 2 is 2.00 bits per heavy atom. The number of hydrogen-bond acceptors (Lipinski definition) is 4. The molecule has 1 aromatic rings. The Morgan fingerprint density at radius 3 is 2.65 bits per heavy atom. The van der Waals surface area contributed by atoms with Crippen LogP contribution in [0.2, 0.25) is 0 Å². The number of fused-ring (bicyclic) bond motifs is 1. The minimum atomic E-state index is -0.0383. The summed E-state index contributed by atoms with van der Waals surface area (Å²) in [5, 5.41) is 0. The van der Waals surface area contributed by atoms with E-state index in [1.54, 1.807) is 23.9 Å². The minimum absolute atomic E-state index is 0.0383. The first-order chi connectivity index (χ1) is 9.61. The molecule has 6 heteroatoms. The van der Waals surface area contributed by atoms with Crippen LogP contribution in [0.1, 0.15) is 12.1 Å². The molecule has 0 aromatic carbocycles. The average Bonchev–Trinajstić information content (AvgIpc) is 3.00. The van der Waals surface area contributed by atoms with Crippen LogP contribution in [0.4, 0.5) is 5.69 Å². The van der Waals surface area contributed by atoms with E-state index in [9.17, 15) is 4.79 Å². The van der Waals surface area contributed by atoms with Gasteiger partial charge >= 0.3 is 0 Å². The minimum Gasteiger partial charge on any atom is -0.397 e. The fraction of sp³-hybridized carbons (Fsp3) is 0.357. The van der Waals surface area contributed by atoms with Gasteiger partial charge in [-0.3, -0.25) is 14.5 Å². The van der Waals surface area contributed by atoms with E-state index in [2.05, 4.69) is 9.98 Å². The summed E-state index contributed by atoms with van der Waals surface area (Å²) in [6, 6.07) is 0. The molecule has 0 bridgehead atoms. The Kier molecular flexibility index (Phi) is 2.93. The lowest BCUT2D eigenvalue weighted by Crippen LogP contribution is -2.18. The van der Waals surface area contributed by atoms with E-state index in [1.807, 2.05) is 17.7 Å². The standard InChI is InChI=1S/C14H17N5O/c1-9-13(14(20)19-7-3-6-18(9)19)17-12-5-4-10(16-2)8-11(12)15/h4-5,8H,3,6-7,15H2,1-2H3. The predicted molar refractivity (Wildman–Crippen MR) is 79.9 cm³/mol. The maximum absolute atomic E-state index is 12.3. The summed E-state index contributed by atoms with van der Waals surface area (Å²) >= 11 is 0. The average molecular weight is 271 g/mol. The first-order valence-electron chi connectivity index (χ1n) is 6.63. The summed E-state index contributed by atoms with van der Waals surface area (Å²) in [5.41, 5.74) is 9.26. The molecule has 104 valence electrons. The van der Waals surface area contributed by atoms with E-state index in [4.69, 9.17) is 5.73 Å². The van der Waals surface area contributed by atoms with Crippen molar-refractivity contribution in [2.24, 2.45) is 15.7 Å². The zero-order valence-electron chi connectivity index (χ0n) is 11.6. The lowest BCUT2D eigenvalue weighted by molar-refractivity contribution is 0.582. The molecule has 2 N–H and O–H groups in total. The van der Waals surface area contributed by atoms with Gasteiger partial charge in [-0.25, -0.2) is 9.67 Å². The van der Waals surface area contributed by atoms with Crippen LogP contribution in [0.3, 0.4) is 0 Å². The van der Waals surface area contributed by atoms with Crippen LogP contribution in [0, 0.1) is 6.92 Å². The van der Waals surface area contributed by atoms with Crippen molar-refractivity contribution < 1.29 is 0 Å². The molecular formula is C14H17N5O. The van der Waals surface area contributed by atoms with Gasteiger partial charge < -0.3 is 5.73 Å². The molecule has 2 aliphatic rings. The van der Waals surface area contributed by atoms with Gasteiger partial charge in [-0.2, -0.15) is 0 Å². The van der Waals surface area contributed by atoms with Crippen LogP contribution >= 0.6 is 0 Å². The predicted octanol–water partition coefficient (Wildman–Crippen LogP) is 0.918. The largest absolute Gasteiger partial charge is 0.397 e. The molecule has 1 aliphatic heterocycles. The molecule has 2 heterocycles. The fourth-order valence-electron chi connectivity index (χ4n) is 2.60. The SMILES string of the molecule is CN=C1C=CC(=Nc2c(C)n3n(c2=O)CCC3)C(N)=C1. The summed E-state index contributed by atoms with van der Waals surface area (Å²) < 4.78 is 3.74. The van der Waals surface area contributed by atoms with Crippen molar-refractivity contribution in [3.05, 3.63) is 40.0 Å². The molecular weight excluding hydrogens is 254 g/mol. The lowest BCUT2D eigenvalue weighted by atomic mass is 10.1. The zero-order valence-corrected chi connectivity index (χ0v) is 11.6. The number of aliphatic imine (C=N–C) groups is 2. The third-order valence-electron chi connectivity index (χ3n) is 3.70. The summed E-state index contributed by atoms with van der Waals surface area (Å²) in [6.45, 7) is 3.56. The van der Waals surface area contributed by atoms with Crippen LogP contribution in [-0.2, 0) is 13.1 Å². The highest BCUT2D eigenvalue weighted by Crippen LogP contribution is 2.20. The van der Waals surface area contributed by atoms with Crippen molar-refractivity contribution in [3.63, 3.8) is 0 Å². The molecule has 0 fully saturated rings. The second-order valence-electron chi connectivity index (χ2n) is 4.92. The van der Waals surface area contributed by atoms with E-state index in [1.165, 1.54) is 0 Å². The van der Waals surface area contributed by atoms with Crippen molar-refractivity contribution in [1.82, 2.24) is 9.36 Å². The number of hydrogen-bond donors (Lipinski definition) is 1. The molecule has 0 amide bonds. The molecule has 20 heavy (non-hydrogen) atoms. The van der Waals surface area contributed by atoms with Crippen molar-refractivity contribution in [2.75, 3.05) is 7.05 Å². The molecule has 0 atom stereocenters. The van der Waals surface area contributed by atoms with Gasteiger partial charge in [0.1, 0.15) is 0 Å². The number of aromatic nitrogens is 2. The summed E-state index contributed by atoms with van der Waals surface area (Å²) in [6.07, 6.45) is 6.40. The Balaban J connectivity index is 2.07. The smallest absolute Gasteiger partial charge is 0.292 e. The van der Waals surface area contributed by atoms with E-state index < -0.39 is 0 Å². The van der Waals surface area contributed by atoms with Gasteiger partial charge in [0.2, 0.25) is 0 Å². The van der Waals surface area contributed by atoms with E-state index in [0.29, 0.717) is 17.1 Å². The highest BCUT2D eigenvalue weighted by molar-refractivity contribution is 6.21. The monoisotopic (exact) mass is 271 g/mol. The number of allylic oxidation sites excluding steroid dienone is 3. The third-order valence-corrected chi connectivity index (χ3v) is 3.70. The molecule has 0 radical (unpaired) electrons. The van der Waals surface area contributed by atoms with Gasteiger partial charge in [0.05, 0.1) is 22.8 Å². The quantitative estimate of drug-likeness (QED) is 0.771. The topological polar surface area (TPSA) is 77.7 Å². The second-order valence-corrected chi connectivity index (χ2v) is 4.92. The van der Waals surface area contributed by atoms with Crippen LogP contribution in [-0.4, -0.2) is 27.8 Å². The molecule has 1 aromatic heterocycles. The van der Waals surface area contributed by atoms with E-state index >= 15 is 0 Å². The lowest BCUT2D eigenvalue weighted by Gasteiger charge is -2.07. The van der Waals surface area contributed by atoms with E-state index in [0.717, 1.165) is 30.9 Å². The zero-order chi connectivity index (χ0) is 14.3. The summed E-state index contributed by atoms with van der Waals surface area (Å²) in [7, 11) is 1.71. The highest BCUT2D eigenvalue weighted by Gasteiger charge is 2.21. The summed E-state index contributed by atoms with van der Waals surface area (Å²) in [5.74, 6) is 0. The van der Waals surface area contributed by atoms with Crippen LogP contribution < -0.4 is 11.3 Å². The first-order valence-corrected chi connectivity index (χ1v) is 6.63. The number of nitrogens with two attached hydrogens (primary N) is 1. The van der Waals surface area contributed by atoms with Gasteiger partial charge in [-0.05, 0) is 31.6 Å². The summed E-state index contributed by atoms with van der Waals surface area (Å²) in [4.78, 5) is 20.8. The van der Waals surface area contributed by atoms with Crippen LogP contribution in [0.25, 0.3) is 0 Å². The van der Waals surface area contributed by atoms with Crippen LogP contribution in [0.15, 0.2) is 38.7 Å². The van der Waals surface area contributed by atoms with Gasteiger partial charge in [0.25, 0.3) is 5.56 Å². The molecule has 0 saturated carbocycles. The van der Waals surface area contributed by atoms with Gasteiger partial charge in [-0.1, -0.05) is 0 Å². The van der Waals surface area contributed by atoms with E-state index in [-0.39, 0.29) is 5.56 Å². The van der Waals surface area contributed by atoms with Gasteiger partial charge in [0, 0.05) is 20.1 Å². The van der Waals surface area contributed by atoms with Crippen molar-refractivity contribution >= 4 is 17.1 Å². The van der Waals surface area contributed by atoms with Crippen molar-refractivity contribution in [3.8, 4) is 0 Å². The fourth-order valence-corrected chi connectivity index (χ4v) is 2.60. The maximum atomic E-state index is 12.3. The number of rotatable bonds is 1. The second kappa shape index (κ2) is 4.63. The third kappa shape index (κ3) is 1.84. The maximum Gasteiger partial charge on any atom is 0.292 e. The first kappa shape index (κ1) is 12.7.